The number of aryl methyl sites for hydroxylation is 2. The normalized spacial score (nSPS) is 10.7. The van der Waals surface area contributed by atoms with Crippen molar-refractivity contribution in [2.45, 2.75) is 26.9 Å². The molecule has 5 aromatic rings. The molecule has 2 heteroatoms. The van der Waals surface area contributed by atoms with Gasteiger partial charge in [-0.25, -0.2) is 0 Å². The predicted molar refractivity (Wildman–Crippen MR) is 153 cm³/mol. The van der Waals surface area contributed by atoms with E-state index in [2.05, 4.69) is 157 Å². The second-order valence-corrected chi connectivity index (χ2v) is 9.35. The molecule has 0 saturated carbocycles. The van der Waals surface area contributed by atoms with Gasteiger partial charge in [-0.15, -0.1) is 0 Å². The van der Waals surface area contributed by atoms with Gasteiger partial charge in [0.2, 0.25) is 0 Å². The Hall–Kier alpha value is -4.30. The fourth-order valence-electron chi connectivity index (χ4n) is 4.51. The molecule has 0 aromatic heterocycles. The van der Waals surface area contributed by atoms with Crippen molar-refractivity contribution in [3.05, 3.63) is 156 Å². The third-order valence-corrected chi connectivity index (χ3v) is 6.47. The van der Waals surface area contributed by atoms with E-state index in [9.17, 15) is 0 Å². The molecule has 0 aliphatic rings. The number of hydrogen-bond acceptors (Lipinski definition) is 2. The lowest BCUT2D eigenvalue weighted by Gasteiger charge is -2.29. The average molecular weight is 469 g/mol. The quantitative estimate of drug-likeness (QED) is 0.224. The molecule has 0 amide bonds. The Balaban J connectivity index is 1.56. The maximum Gasteiger partial charge on any atom is 0.0482 e. The van der Waals surface area contributed by atoms with Crippen LogP contribution in [0.3, 0.4) is 0 Å². The summed E-state index contributed by atoms with van der Waals surface area (Å²) in [5, 5.41) is 0. The standard InChI is InChI=1S/C34H32N2/c1-27-16-20-31(21-17-27)36(32-22-18-28(2)19-23-32)34-15-9-14-33(24-34)35(25-29-10-5-3-6-11-29)26-30-12-7-4-8-13-30/h3-24H,25-26H2,1-2H3. The summed E-state index contributed by atoms with van der Waals surface area (Å²) in [6, 6.07) is 47.8. The molecule has 0 atom stereocenters. The summed E-state index contributed by atoms with van der Waals surface area (Å²) in [5.41, 5.74) is 9.76. The van der Waals surface area contributed by atoms with Gasteiger partial charge in [-0.05, 0) is 67.4 Å². The van der Waals surface area contributed by atoms with Crippen LogP contribution >= 0.6 is 0 Å². The summed E-state index contributed by atoms with van der Waals surface area (Å²) < 4.78 is 0. The van der Waals surface area contributed by atoms with E-state index < -0.39 is 0 Å². The molecule has 0 unspecified atom stereocenters. The summed E-state index contributed by atoms with van der Waals surface area (Å²) >= 11 is 0. The molecule has 0 N–H and O–H groups in total. The molecule has 0 spiro atoms. The van der Waals surface area contributed by atoms with Gasteiger partial charge in [0.05, 0.1) is 0 Å². The average Bonchev–Trinajstić information content (AvgIpc) is 2.92. The third-order valence-electron chi connectivity index (χ3n) is 6.47. The third kappa shape index (κ3) is 5.67. The molecule has 0 fully saturated rings. The Labute approximate surface area is 215 Å². The smallest absolute Gasteiger partial charge is 0.0482 e. The molecule has 5 aromatic carbocycles. The van der Waals surface area contributed by atoms with Crippen LogP contribution in [0, 0.1) is 13.8 Å². The van der Waals surface area contributed by atoms with Crippen molar-refractivity contribution in [3.8, 4) is 0 Å². The Kier molecular flexibility index (Phi) is 7.14. The van der Waals surface area contributed by atoms with Gasteiger partial charge in [0.25, 0.3) is 0 Å². The summed E-state index contributed by atoms with van der Waals surface area (Å²) in [6.45, 7) is 5.94. The highest BCUT2D eigenvalue weighted by molar-refractivity contribution is 5.78. The van der Waals surface area contributed by atoms with E-state index in [1.165, 1.54) is 27.9 Å². The van der Waals surface area contributed by atoms with Gasteiger partial charge in [0, 0.05) is 35.8 Å². The first-order valence-electron chi connectivity index (χ1n) is 12.5. The molecule has 0 bridgehead atoms. The van der Waals surface area contributed by atoms with Crippen LogP contribution in [-0.4, -0.2) is 0 Å². The van der Waals surface area contributed by atoms with E-state index in [0.29, 0.717) is 0 Å². The number of anilines is 4. The van der Waals surface area contributed by atoms with Crippen LogP contribution in [0.2, 0.25) is 0 Å². The zero-order valence-electron chi connectivity index (χ0n) is 21.0. The lowest BCUT2D eigenvalue weighted by molar-refractivity contribution is 0.800. The summed E-state index contributed by atoms with van der Waals surface area (Å²) in [4.78, 5) is 4.79. The summed E-state index contributed by atoms with van der Waals surface area (Å²) in [7, 11) is 0. The first kappa shape index (κ1) is 23.4. The van der Waals surface area contributed by atoms with E-state index in [-0.39, 0.29) is 0 Å². The molecule has 0 heterocycles. The maximum absolute atomic E-state index is 2.45. The van der Waals surface area contributed by atoms with Gasteiger partial charge in [-0.1, -0.05) is 102 Å². The monoisotopic (exact) mass is 468 g/mol. The van der Waals surface area contributed by atoms with Gasteiger partial charge in [-0.2, -0.15) is 0 Å². The predicted octanol–water partition coefficient (Wildman–Crippen LogP) is 8.98. The van der Waals surface area contributed by atoms with Crippen LogP contribution in [0.5, 0.6) is 0 Å². The number of rotatable bonds is 8. The van der Waals surface area contributed by atoms with Gasteiger partial charge in [0.1, 0.15) is 0 Å². The van der Waals surface area contributed by atoms with Crippen LogP contribution < -0.4 is 9.80 Å². The Bertz CT molecular complexity index is 1290. The molecule has 5 rings (SSSR count). The lowest BCUT2D eigenvalue weighted by Crippen LogP contribution is -2.22. The minimum atomic E-state index is 0.842. The Morgan fingerprint density at radius 1 is 0.417 bits per heavy atom. The summed E-state index contributed by atoms with van der Waals surface area (Å²) in [5.74, 6) is 0. The molecular weight excluding hydrogens is 436 g/mol. The molecular formula is C34H32N2. The second-order valence-electron chi connectivity index (χ2n) is 9.35. The topological polar surface area (TPSA) is 6.48 Å². The molecule has 0 radical (unpaired) electrons. The zero-order valence-corrected chi connectivity index (χ0v) is 21.0. The van der Waals surface area contributed by atoms with Crippen molar-refractivity contribution in [3.63, 3.8) is 0 Å². The van der Waals surface area contributed by atoms with E-state index in [1.54, 1.807) is 0 Å². The van der Waals surface area contributed by atoms with Gasteiger partial charge < -0.3 is 9.80 Å². The number of benzene rings is 5. The van der Waals surface area contributed by atoms with Gasteiger partial charge in [-0.3, -0.25) is 0 Å². The number of hydrogen-bond donors (Lipinski definition) is 0. The highest BCUT2D eigenvalue weighted by atomic mass is 15.2. The van der Waals surface area contributed by atoms with E-state index >= 15 is 0 Å². The van der Waals surface area contributed by atoms with E-state index in [1.807, 2.05) is 0 Å². The molecule has 0 aliphatic carbocycles. The summed E-state index contributed by atoms with van der Waals surface area (Å²) in [6.07, 6.45) is 0. The fraction of sp³-hybridized carbons (Fsp3) is 0.118. The molecule has 0 aliphatic heterocycles. The van der Waals surface area contributed by atoms with Crippen LogP contribution in [-0.2, 0) is 13.1 Å². The van der Waals surface area contributed by atoms with E-state index in [0.717, 1.165) is 30.2 Å². The van der Waals surface area contributed by atoms with Crippen LogP contribution in [0.25, 0.3) is 0 Å². The van der Waals surface area contributed by atoms with Crippen molar-refractivity contribution >= 4 is 22.7 Å². The van der Waals surface area contributed by atoms with Crippen molar-refractivity contribution in [1.82, 2.24) is 0 Å². The SMILES string of the molecule is Cc1ccc(N(c2ccc(C)cc2)c2cccc(N(Cc3ccccc3)Cc3ccccc3)c2)cc1. The highest BCUT2D eigenvalue weighted by Gasteiger charge is 2.15. The largest absolute Gasteiger partial charge is 0.363 e. The second kappa shape index (κ2) is 11.0. The van der Waals surface area contributed by atoms with Crippen molar-refractivity contribution in [2.75, 3.05) is 9.80 Å². The minimum Gasteiger partial charge on any atom is -0.363 e. The fourth-order valence-corrected chi connectivity index (χ4v) is 4.51. The minimum absolute atomic E-state index is 0.842. The van der Waals surface area contributed by atoms with Crippen LogP contribution in [0.1, 0.15) is 22.3 Å². The first-order valence-corrected chi connectivity index (χ1v) is 12.5. The molecule has 36 heavy (non-hydrogen) atoms. The van der Waals surface area contributed by atoms with Crippen molar-refractivity contribution in [1.29, 1.82) is 0 Å². The maximum atomic E-state index is 2.45. The van der Waals surface area contributed by atoms with Gasteiger partial charge in [0.15, 0.2) is 0 Å². The van der Waals surface area contributed by atoms with Gasteiger partial charge >= 0.3 is 0 Å². The highest BCUT2D eigenvalue weighted by Crippen LogP contribution is 2.37. The molecule has 178 valence electrons. The molecule has 0 saturated heterocycles. The number of nitrogens with zero attached hydrogens (tertiary/aromatic N) is 2. The van der Waals surface area contributed by atoms with Crippen LogP contribution in [0.4, 0.5) is 22.7 Å². The van der Waals surface area contributed by atoms with E-state index in [4.69, 9.17) is 0 Å². The first-order chi connectivity index (χ1) is 17.7. The zero-order chi connectivity index (χ0) is 24.7. The lowest BCUT2D eigenvalue weighted by atomic mass is 10.1. The van der Waals surface area contributed by atoms with Crippen molar-refractivity contribution in [2.24, 2.45) is 0 Å². The van der Waals surface area contributed by atoms with Crippen molar-refractivity contribution < 1.29 is 0 Å². The Morgan fingerprint density at radius 2 is 0.861 bits per heavy atom. The Morgan fingerprint density at radius 3 is 1.33 bits per heavy atom. The van der Waals surface area contributed by atoms with Crippen LogP contribution in [0.15, 0.2) is 133 Å². The molecule has 2 nitrogen and oxygen atoms in total.